The van der Waals surface area contributed by atoms with Crippen molar-refractivity contribution >= 4 is 29.5 Å². The number of nitrogens with zero attached hydrogens (tertiary/aromatic N) is 1. The van der Waals surface area contributed by atoms with Gasteiger partial charge in [0.05, 0.1) is 11.9 Å². The highest BCUT2D eigenvalue weighted by Crippen LogP contribution is 2.24. The minimum absolute atomic E-state index is 0.0140. The number of thioether (sulfide) groups is 1. The van der Waals surface area contributed by atoms with Crippen LogP contribution in [0.1, 0.15) is 41.3 Å². The fraction of sp³-hybridized carbons (Fsp3) is 0.423. The second-order valence-electron chi connectivity index (χ2n) is 8.63. The Balaban J connectivity index is 1.79. The van der Waals surface area contributed by atoms with E-state index < -0.39 is 30.0 Å². The fourth-order valence-electron chi connectivity index (χ4n) is 3.95. The summed E-state index contributed by atoms with van der Waals surface area (Å²) in [6, 6.07) is 12.3. The molecule has 0 radical (unpaired) electrons. The maximum atomic E-state index is 13.4. The summed E-state index contributed by atoms with van der Waals surface area (Å²) in [6.45, 7) is 4.20. The van der Waals surface area contributed by atoms with Gasteiger partial charge in [0.2, 0.25) is 5.91 Å². The Labute approximate surface area is 210 Å². The maximum Gasteiger partial charge on any atom is 0.254 e. The van der Waals surface area contributed by atoms with Crippen molar-refractivity contribution in [1.82, 2.24) is 15.5 Å². The van der Waals surface area contributed by atoms with E-state index in [0.29, 0.717) is 23.7 Å². The molecule has 0 saturated carbocycles. The summed E-state index contributed by atoms with van der Waals surface area (Å²) in [4.78, 5) is 40.5. The average molecular weight is 500 g/mol. The van der Waals surface area contributed by atoms with Gasteiger partial charge in [-0.2, -0.15) is 0 Å². The number of rotatable bonds is 10. The van der Waals surface area contributed by atoms with Gasteiger partial charge in [-0.05, 0) is 37.5 Å². The fourth-order valence-corrected chi connectivity index (χ4v) is 5.11. The van der Waals surface area contributed by atoms with Gasteiger partial charge in [0.25, 0.3) is 11.8 Å². The zero-order valence-electron chi connectivity index (χ0n) is 20.1. The number of hydrogen-bond acceptors (Lipinski definition) is 6. The summed E-state index contributed by atoms with van der Waals surface area (Å²) >= 11 is 1.45. The van der Waals surface area contributed by atoms with E-state index in [1.54, 1.807) is 19.1 Å². The van der Waals surface area contributed by atoms with E-state index in [2.05, 4.69) is 10.6 Å². The predicted octanol–water partition coefficient (Wildman–Crippen LogP) is 2.22. The lowest BCUT2D eigenvalue weighted by Gasteiger charge is -2.30. The molecule has 1 aliphatic heterocycles. The van der Waals surface area contributed by atoms with E-state index in [9.17, 15) is 24.6 Å². The van der Waals surface area contributed by atoms with Crippen LogP contribution in [-0.2, 0) is 16.0 Å². The number of aliphatic hydroxyl groups is 1. The van der Waals surface area contributed by atoms with Gasteiger partial charge in [-0.25, -0.2) is 0 Å². The topological polar surface area (TPSA) is 119 Å². The zero-order chi connectivity index (χ0) is 25.4. The van der Waals surface area contributed by atoms with Crippen LogP contribution < -0.4 is 10.6 Å². The number of unbranched alkanes of at least 4 members (excludes halogenated alkanes) is 1. The number of carbonyl (C=O) groups is 3. The minimum atomic E-state index is -1.55. The van der Waals surface area contributed by atoms with E-state index >= 15 is 0 Å². The molecule has 1 fully saturated rings. The standard InChI is InChI=1S/C26H33N3O5S/c1-3-4-13-27-25(33)21-15-35-16-29(21)26(34)23(31)20(14-18-9-6-5-7-10-18)28-24(32)19-11-8-12-22(30)17(19)2/h5-12,20-21,23,30-31H,3-4,13-16H2,1-2H3,(H,27,33)(H,28,32)/t20-,21-,23-/m0/s1. The lowest BCUT2D eigenvalue weighted by Crippen LogP contribution is -2.56. The van der Waals surface area contributed by atoms with Gasteiger partial charge in [-0.3, -0.25) is 14.4 Å². The Morgan fingerprint density at radius 2 is 1.89 bits per heavy atom. The molecule has 2 aromatic carbocycles. The van der Waals surface area contributed by atoms with Gasteiger partial charge in [-0.1, -0.05) is 49.7 Å². The Kier molecular flexibility index (Phi) is 9.56. The largest absolute Gasteiger partial charge is 0.508 e. The molecule has 9 heteroatoms. The molecule has 35 heavy (non-hydrogen) atoms. The van der Waals surface area contributed by atoms with Crippen LogP contribution in [0.25, 0.3) is 0 Å². The Morgan fingerprint density at radius 1 is 1.14 bits per heavy atom. The molecule has 3 atom stereocenters. The number of benzene rings is 2. The van der Waals surface area contributed by atoms with Crippen LogP contribution in [0, 0.1) is 6.92 Å². The summed E-state index contributed by atoms with van der Waals surface area (Å²) < 4.78 is 0. The molecule has 188 valence electrons. The van der Waals surface area contributed by atoms with Crippen LogP contribution in [0.2, 0.25) is 0 Å². The van der Waals surface area contributed by atoms with E-state index in [1.165, 1.54) is 22.7 Å². The lowest BCUT2D eigenvalue weighted by atomic mass is 9.98. The summed E-state index contributed by atoms with van der Waals surface area (Å²) in [7, 11) is 0. The minimum Gasteiger partial charge on any atom is -0.508 e. The van der Waals surface area contributed by atoms with E-state index in [4.69, 9.17) is 0 Å². The maximum absolute atomic E-state index is 13.4. The SMILES string of the molecule is CCCCNC(=O)[C@@H]1CSCN1C(=O)[C@@H](O)[C@H](Cc1ccccc1)NC(=O)c1cccc(O)c1C. The molecule has 0 unspecified atom stereocenters. The molecule has 0 bridgehead atoms. The molecular weight excluding hydrogens is 466 g/mol. The summed E-state index contributed by atoms with van der Waals surface area (Å²) in [5.74, 6) is -0.605. The molecule has 1 aliphatic rings. The van der Waals surface area contributed by atoms with Crippen LogP contribution in [0.4, 0.5) is 0 Å². The molecule has 1 heterocycles. The van der Waals surface area contributed by atoms with Crippen molar-refractivity contribution in [2.45, 2.75) is 51.3 Å². The summed E-state index contributed by atoms with van der Waals surface area (Å²) in [5, 5.41) is 26.8. The lowest BCUT2D eigenvalue weighted by molar-refractivity contribution is -0.145. The third kappa shape index (κ3) is 6.76. The first kappa shape index (κ1) is 26.6. The highest BCUT2D eigenvalue weighted by molar-refractivity contribution is 7.99. The first-order chi connectivity index (χ1) is 16.8. The number of phenolic OH excluding ortho intramolecular Hbond substituents is 1. The van der Waals surface area contributed by atoms with Gasteiger partial charge in [-0.15, -0.1) is 11.8 Å². The van der Waals surface area contributed by atoms with Crippen molar-refractivity contribution in [2.24, 2.45) is 0 Å². The van der Waals surface area contributed by atoms with Crippen molar-refractivity contribution in [2.75, 3.05) is 18.2 Å². The monoisotopic (exact) mass is 499 g/mol. The molecule has 4 N–H and O–H groups in total. The predicted molar refractivity (Wildman–Crippen MR) is 136 cm³/mol. The van der Waals surface area contributed by atoms with Gasteiger partial charge in [0.1, 0.15) is 11.8 Å². The van der Waals surface area contributed by atoms with Crippen LogP contribution >= 0.6 is 11.8 Å². The second-order valence-corrected chi connectivity index (χ2v) is 9.63. The number of amides is 3. The second kappa shape index (κ2) is 12.6. The van der Waals surface area contributed by atoms with Gasteiger partial charge >= 0.3 is 0 Å². The van der Waals surface area contributed by atoms with Gasteiger partial charge in [0.15, 0.2) is 6.10 Å². The Morgan fingerprint density at radius 3 is 2.60 bits per heavy atom. The molecule has 0 aromatic heterocycles. The highest BCUT2D eigenvalue weighted by atomic mass is 32.2. The number of aromatic hydroxyl groups is 1. The van der Waals surface area contributed by atoms with Crippen LogP contribution in [0.5, 0.6) is 5.75 Å². The number of hydrogen-bond donors (Lipinski definition) is 4. The third-order valence-corrected chi connectivity index (χ3v) is 7.11. The molecule has 3 rings (SSSR count). The smallest absolute Gasteiger partial charge is 0.254 e. The molecule has 0 spiro atoms. The van der Waals surface area contributed by atoms with Crippen molar-refractivity contribution in [3.8, 4) is 5.75 Å². The number of phenols is 1. The van der Waals surface area contributed by atoms with Gasteiger partial charge < -0.3 is 25.7 Å². The number of aliphatic hydroxyl groups excluding tert-OH is 1. The van der Waals surface area contributed by atoms with Crippen LogP contribution in [-0.4, -0.2) is 69.2 Å². The average Bonchev–Trinajstić information content (AvgIpc) is 3.35. The molecular formula is C26H33N3O5S. The first-order valence-electron chi connectivity index (χ1n) is 11.8. The molecule has 0 aliphatic carbocycles. The normalized spacial score (nSPS) is 17.0. The summed E-state index contributed by atoms with van der Waals surface area (Å²) in [6.07, 6.45) is 0.454. The molecule has 2 aromatic rings. The number of carbonyl (C=O) groups excluding carboxylic acids is 3. The van der Waals surface area contributed by atoms with Crippen molar-refractivity contribution in [3.63, 3.8) is 0 Å². The van der Waals surface area contributed by atoms with Crippen molar-refractivity contribution in [3.05, 3.63) is 65.2 Å². The van der Waals surface area contributed by atoms with E-state index in [-0.39, 0.29) is 23.6 Å². The van der Waals surface area contributed by atoms with Crippen LogP contribution in [0.3, 0.4) is 0 Å². The van der Waals surface area contributed by atoms with Crippen molar-refractivity contribution < 1.29 is 24.6 Å². The van der Waals surface area contributed by atoms with Gasteiger partial charge in [0, 0.05) is 23.4 Å². The molecule has 3 amide bonds. The highest BCUT2D eigenvalue weighted by Gasteiger charge is 2.40. The Hall–Kier alpha value is -3.04. The molecule has 1 saturated heterocycles. The van der Waals surface area contributed by atoms with E-state index in [0.717, 1.165) is 18.4 Å². The van der Waals surface area contributed by atoms with Crippen molar-refractivity contribution in [1.29, 1.82) is 0 Å². The molecule has 8 nitrogen and oxygen atoms in total. The third-order valence-electron chi connectivity index (χ3n) is 6.10. The van der Waals surface area contributed by atoms with E-state index in [1.807, 2.05) is 37.3 Å². The Bertz CT molecular complexity index is 1030. The quantitative estimate of drug-likeness (QED) is 0.372. The van der Waals surface area contributed by atoms with Crippen LogP contribution in [0.15, 0.2) is 48.5 Å². The summed E-state index contributed by atoms with van der Waals surface area (Å²) in [5.41, 5.74) is 1.50. The number of nitrogens with one attached hydrogen (secondary N) is 2. The zero-order valence-corrected chi connectivity index (χ0v) is 20.9. The first-order valence-corrected chi connectivity index (χ1v) is 13.0.